The molecule has 1 aliphatic heterocycles. The van der Waals surface area contributed by atoms with Crippen LogP contribution in [0.4, 0.5) is 0 Å². The summed E-state index contributed by atoms with van der Waals surface area (Å²) in [6.07, 6.45) is 3.15. The first-order valence-corrected chi connectivity index (χ1v) is 5.85. The molecule has 0 bridgehead atoms. The second-order valence-electron chi connectivity index (χ2n) is 4.92. The molecule has 1 fully saturated rings. The van der Waals surface area contributed by atoms with Crippen molar-refractivity contribution in [2.24, 2.45) is 5.73 Å². The second-order valence-corrected chi connectivity index (χ2v) is 4.92. The summed E-state index contributed by atoms with van der Waals surface area (Å²) in [4.78, 5) is 0. The van der Waals surface area contributed by atoms with Gasteiger partial charge >= 0.3 is 0 Å². The van der Waals surface area contributed by atoms with Crippen molar-refractivity contribution in [2.45, 2.75) is 31.7 Å². The Balaban J connectivity index is 2.00. The summed E-state index contributed by atoms with van der Waals surface area (Å²) in [5.74, 6) is 1.79. The Labute approximate surface area is 95.5 Å². The Morgan fingerprint density at radius 1 is 1.25 bits per heavy atom. The molecule has 1 aliphatic carbocycles. The summed E-state index contributed by atoms with van der Waals surface area (Å²) < 4.78 is 11.3. The molecule has 86 valence electrons. The highest BCUT2D eigenvalue weighted by molar-refractivity contribution is 5.52. The number of hydrogen-bond acceptors (Lipinski definition) is 3. The molecule has 0 radical (unpaired) electrons. The SMILES string of the molecule is Cc1ccc2c(c1CC1(N)CC1)OCCO2. The van der Waals surface area contributed by atoms with Crippen molar-refractivity contribution in [3.8, 4) is 11.5 Å². The molecule has 0 spiro atoms. The molecule has 0 amide bonds. The lowest BCUT2D eigenvalue weighted by Crippen LogP contribution is -2.26. The zero-order chi connectivity index (χ0) is 11.2. The van der Waals surface area contributed by atoms with Crippen molar-refractivity contribution in [3.63, 3.8) is 0 Å². The van der Waals surface area contributed by atoms with E-state index in [4.69, 9.17) is 15.2 Å². The minimum absolute atomic E-state index is 0.0146. The van der Waals surface area contributed by atoms with E-state index in [0.29, 0.717) is 13.2 Å². The molecule has 3 rings (SSSR count). The van der Waals surface area contributed by atoms with Gasteiger partial charge in [-0.1, -0.05) is 6.07 Å². The van der Waals surface area contributed by atoms with E-state index in [2.05, 4.69) is 13.0 Å². The maximum Gasteiger partial charge on any atom is 0.164 e. The molecule has 2 aliphatic rings. The maximum absolute atomic E-state index is 6.18. The highest BCUT2D eigenvalue weighted by atomic mass is 16.6. The largest absolute Gasteiger partial charge is 0.486 e. The number of aryl methyl sites for hydroxylation is 1. The van der Waals surface area contributed by atoms with Gasteiger partial charge in [0.15, 0.2) is 11.5 Å². The monoisotopic (exact) mass is 219 g/mol. The standard InChI is InChI=1S/C13H17NO2/c1-9-2-3-11-12(16-7-6-15-11)10(9)8-13(14)4-5-13/h2-3H,4-8,14H2,1H3. The first kappa shape index (κ1) is 9.97. The number of hydrogen-bond donors (Lipinski definition) is 1. The predicted molar refractivity (Wildman–Crippen MR) is 62.0 cm³/mol. The van der Waals surface area contributed by atoms with E-state index in [1.807, 2.05) is 6.07 Å². The van der Waals surface area contributed by atoms with E-state index in [-0.39, 0.29) is 5.54 Å². The van der Waals surface area contributed by atoms with Crippen LogP contribution in [0.2, 0.25) is 0 Å². The van der Waals surface area contributed by atoms with Gasteiger partial charge in [-0.25, -0.2) is 0 Å². The molecule has 1 saturated carbocycles. The van der Waals surface area contributed by atoms with Gasteiger partial charge in [0.1, 0.15) is 13.2 Å². The lowest BCUT2D eigenvalue weighted by atomic mass is 9.98. The molecule has 0 aromatic heterocycles. The van der Waals surface area contributed by atoms with Crippen LogP contribution in [0.25, 0.3) is 0 Å². The van der Waals surface area contributed by atoms with Crippen molar-refractivity contribution < 1.29 is 9.47 Å². The van der Waals surface area contributed by atoms with Gasteiger partial charge in [-0.2, -0.15) is 0 Å². The Morgan fingerprint density at radius 2 is 2.00 bits per heavy atom. The molecule has 1 aromatic carbocycles. The highest BCUT2D eigenvalue weighted by Crippen LogP contribution is 2.42. The Kier molecular flexibility index (Phi) is 2.11. The van der Waals surface area contributed by atoms with Crippen LogP contribution < -0.4 is 15.2 Å². The van der Waals surface area contributed by atoms with E-state index in [9.17, 15) is 0 Å². The minimum atomic E-state index is 0.0146. The molecule has 2 N–H and O–H groups in total. The summed E-state index contributed by atoms with van der Waals surface area (Å²) >= 11 is 0. The predicted octanol–water partition coefficient (Wildman–Crippen LogP) is 1.80. The second kappa shape index (κ2) is 3.39. The van der Waals surface area contributed by atoms with Crippen LogP contribution in [0, 0.1) is 6.92 Å². The molecular weight excluding hydrogens is 202 g/mol. The molecular formula is C13H17NO2. The molecule has 0 saturated heterocycles. The smallest absolute Gasteiger partial charge is 0.164 e. The zero-order valence-corrected chi connectivity index (χ0v) is 9.58. The summed E-state index contributed by atoms with van der Waals surface area (Å²) in [5.41, 5.74) is 8.68. The van der Waals surface area contributed by atoms with Crippen LogP contribution in [-0.2, 0) is 6.42 Å². The van der Waals surface area contributed by atoms with Gasteiger partial charge in [-0.05, 0) is 37.8 Å². The number of fused-ring (bicyclic) bond motifs is 1. The third-order valence-electron chi connectivity index (χ3n) is 3.47. The van der Waals surface area contributed by atoms with E-state index < -0.39 is 0 Å². The van der Waals surface area contributed by atoms with E-state index >= 15 is 0 Å². The van der Waals surface area contributed by atoms with Crippen LogP contribution in [-0.4, -0.2) is 18.8 Å². The van der Waals surface area contributed by atoms with Gasteiger partial charge < -0.3 is 15.2 Å². The van der Waals surface area contributed by atoms with Gasteiger partial charge in [-0.15, -0.1) is 0 Å². The van der Waals surface area contributed by atoms with Crippen LogP contribution >= 0.6 is 0 Å². The van der Waals surface area contributed by atoms with Crippen molar-refractivity contribution in [1.29, 1.82) is 0 Å². The Bertz CT molecular complexity index is 424. The van der Waals surface area contributed by atoms with Crippen molar-refractivity contribution >= 4 is 0 Å². The maximum atomic E-state index is 6.18. The fourth-order valence-corrected chi connectivity index (χ4v) is 2.18. The average Bonchev–Trinajstić information content (AvgIpc) is 3.01. The molecule has 1 aromatic rings. The minimum Gasteiger partial charge on any atom is -0.486 e. The lowest BCUT2D eigenvalue weighted by molar-refractivity contribution is 0.169. The number of benzene rings is 1. The number of rotatable bonds is 2. The molecule has 16 heavy (non-hydrogen) atoms. The van der Waals surface area contributed by atoms with Gasteiger partial charge in [0, 0.05) is 11.1 Å². The zero-order valence-electron chi connectivity index (χ0n) is 9.58. The molecule has 1 heterocycles. The fourth-order valence-electron chi connectivity index (χ4n) is 2.18. The van der Waals surface area contributed by atoms with Crippen LogP contribution in [0.15, 0.2) is 12.1 Å². The molecule has 0 atom stereocenters. The summed E-state index contributed by atoms with van der Waals surface area (Å²) in [5, 5.41) is 0. The number of nitrogens with two attached hydrogens (primary N) is 1. The normalized spacial score (nSPS) is 20.6. The highest BCUT2D eigenvalue weighted by Gasteiger charge is 2.39. The summed E-state index contributed by atoms with van der Waals surface area (Å²) in [6.45, 7) is 3.39. The Hall–Kier alpha value is -1.22. The fraction of sp³-hybridized carbons (Fsp3) is 0.538. The van der Waals surface area contributed by atoms with Gasteiger partial charge in [-0.3, -0.25) is 0 Å². The quantitative estimate of drug-likeness (QED) is 0.825. The van der Waals surface area contributed by atoms with Crippen molar-refractivity contribution in [2.75, 3.05) is 13.2 Å². The molecule has 3 heteroatoms. The van der Waals surface area contributed by atoms with Gasteiger partial charge in [0.2, 0.25) is 0 Å². The molecule has 3 nitrogen and oxygen atoms in total. The van der Waals surface area contributed by atoms with Crippen LogP contribution in [0.1, 0.15) is 24.0 Å². The average molecular weight is 219 g/mol. The Morgan fingerprint density at radius 3 is 2.75 bits per heavy atom. The van der Waals surface area contributed by atoms with E-state index in [0.717, 1.165) is 30.8 Å². The first-order valence-electron chi connectivity index (χ1n) is 5.85. The number of ether oxygens (including phenoxy) is 2. The van der Waals surface area contributed by atoms with Crippen molar-refractivity contribution in [3.05, 3.63) is 23.3 Å². The van der Waals surface area contributed by atoms with E-state index in [1.165, 1.54) is 11.1 Å². The van der Waals surface area contributed by atoms with Crippen LogP contribution in [0.5, 0.6) is 11.5 Å². The third kappa shape index (κ3) is 1.65. The van der Waals surface area contributed by atoms with Gasteiger partial charge in [0.05, 0.1) is 0 Å². The molecule has 0 unspecified atom stereocenters. The lowest BCUT2D eigenvalue weighted by Gasteiger charge is -2.23. The summed E-state index contributed by atoms with van der Waals surface area (Å²) in [7, 11) is 0. The first-order chi connectivity index (χ1) is 7.68. The van der Waals surface area contributed by atoms with Crippen molar-refractivity contribution in [1.82, 2.24) is 0 Å². The third-order valence-corrected chi connectivity index (χ3v) is 3.47. The summed E-state index contributed by atoms with van der Waals surface area (Å²) in [6, 6.07) is 4.08. The van der Waals surface area contributed by atoms with Crippen LogP contribution in [0.3, 0.4) is 0 Å². The topological polar surface area (TPSA) is 44.5 Å². The van der Waals surface area contributed by atoms with E-state index in [1.54, 1.807) is 0 Å². The van der Waals surface area contributed by atoms with Gasteiger partial charge in [0.25, 0.3) is 0 Å².